The predicted octanol–water partition coefficient (Wildman–Crippen LogP) is 5.43. The fourth-order valence-electron chi connectivity index (χ4n) is 3.17. The van der Waals surface area contributed by atoms with Crippen LogP contribution in [-0.4, -0.2) is 33.8 Å². The van der Waals surface area contributed by atoms with Gasteiger partial charge in [0.05, 0.1) is 5.75 Å². The number of amides is 2. The third kappa shape index (κ3) is 6.99. The highest BCUT2D eigenvalue weighted by atomic mass is 79.9. The second kappa shape index (κ2) is 11.9. The molecular weight excluding hydrogens is 532 g/mol. The molecule has 1 unspecified atom stereocenters. The Morgan fingerprint density at radius 1 is 0.941 bits per heavy atom. The van der Waals surface area contributed by atoms with E-state index in [0.29, 0.717) is 16.6 Å². The van der Waals surface area contributed by atoms with E-state index in [-0.39, 0.29) is 17.6 Å². The topological polar surface area (TPSA) is 84.0 Å². The second-order valence-corrected chi connectivity index (χ2v) is 10.3. The van der Waals surface area contributed by atoms with Crippen molar-refractivity contribution in [2.45, 2.75) is 17.4 Å². The van der Waals surface area contributed by atoms with E-state index in [9.17, 15) is 9.59 Å². The van der Waals surface area contributed by atoms with Gasteiger partial charge in [-0.3, -0.25) is 14.9 Å². The van der Waals surface area contributed by atoms with E-state index in [1.807, 2.05) is 84.9 Å². The summed E-state index contributed by atoms with van der Waals surface area (Å²) in [5.74, 6) is -0.329. The zero-order chi connectivity index (χ0) is 23.8. The third-order valence-electron chi connectivity index (χ3n) is 4.77. The summed E-state index contributed by atoms with van der Waals surface area (Å²) in [5, 5.41) is 15.1. The van der Waals surface area contributed by atoms with E-state index in [1.165, 1.54) is 23.1 Å². The fraction of sp³-hybridized carbons (Fsp3) is 0.120. The molecule has 34 heavy (non-hydrogen) atoms. The average Bonchev–Trinajstić information content (AvgIpc) is 3.32. The maximum atomic E-state index is 13.1. The van der Waals surface area contributed by atoms with Crippen molar-refractivity contribution in [3.05, 3.63) is 95.0 Å². The molecule has 1 aromatic heterocycles. The van der Waals surface area contributed by atoms with Gasteiger partial charge in [0.25, 0.3) is 0 Å². The Bertz CT molecular complexity index is 1250. The standard InChI is InChI=1S/C25H21BrN4O2S2/c26-19-11-7-10-18(15-19)24-29-30-25(34-24)28-23(32)21(14-17-8-3-1-4-9-17)27-22(31)16-33-20-12-5-2-6-13-20/h1-13,15,21H,14,16H2,(H,27,31)(H,28,30,32). The summed E-state index contributed by atoms with van der Waals surface area (Å²) in [4.78, 5) is 26.8. The maximum absolute atomic E-state index is 13.1. The van der Waals surface area contributed by atoms with Gasteiger partial charge in [0.1, 0.15) is 11.0 Å². The normalized spacial score (nSPS) is 11.6. The van der Waals surface area contributed by atoms with Gasteiger partial charge in [0.2, 0.25) is 16.9 Å². The molecule has 6 nitrogen and oxygen atoms in total. The van der Waals surface area contributed by atoms with Crippen LogP contribution in [0, 0.1) is 0 Å². The molecule has 0 saturated heterocycles. The van der Waals surface area contributed by atoms with Crippen molar-refractivity contribution in [2.75, 3.05) is 11.1 Å². The van der Waals surface area contributed by atoms with Gasteiger partial charge in [0.15, 0.2) is 0 Å². The number of benzene rings is 3. The molecule has 3 aromatic carbocycles. The van der Waals surface area contributed by atoms with Crippen LogP contribution in [0.25, 0.3) is 10.6 Å². The van der Waals surface area contributed by atoms with Crippen LogP contribution >= 0.6 is 39.0 Å². The second-order valence-electron chi connectivity index (χ2n) is 7.32. The van der Waals surface area contributed by atoms with Gasteiger partial charge in [-0.05, 0) is 29.8 Å². The highest BCUT2D eigenvalue weighted by Gasteiger charge is 2.23. The van der Waals surface area contributed by atoms with Gasteiger partial charge in [0, 0.05) is 21.4 Å². The number of carbonyl (C=O) groups is 2. The number of carbonyl (C=O) groups excluding carboxylic acids is 2. The number of hydrogen-bond acceptors (Lipinski definition) is 6. The van der Waals surface area contributed by atoms with Crippen molar-refractivity contribution in [1.82, 2.24) is 15.5 Å². The molecule has 0 saturated carbocycles. The maximum Gasteiger partial charge on any atom is 0.249 e. The molecule has 0 aliphatic carbocycles. The van der Waals surface area contributed by atoms with Gasteiger partial charge in [-0.15, -0.1) is 22.0 Å². The first kappa shape index (κ1) is 24.1. The zero-order valence-electron chi connectivity index (χ0n) is 18.0. The lowest BCUT2D eigenvalue weighted by Crippen LogP contribution is -2.46. The Kier molecular flexibility index (Phi) is 8.46. The minimum atomic E-state index is -0.746. The van der Waals surface area contributed by atoms with Gasteiger partial charge in [-0.25, -0.2) is 0 Å². The Labute approximate surface area is 214 Å². The van der Waals surface area contributed by atoms with Gasteiger partial charge in [-0.1, -0.05) is 87.9 Å². The van der Waals surface area contributed by atoms with Crippen molar-refractivity contribution < 1.29 is 9.59 Å². The molecule has 0 bridgehead atoms. The smallest absolute Gasteiger partial charge is 0.249 e. The van der Waals surface area contributed by atoms with Crippen LogP contribution in [0.1, 0.15) is 5.56 Å². The van der Waals surface area contributed by atoms with Crippen molar-refractivity contribution in [3.8, 4) is 10.6 Å². The van der Waals surface area contributed by atoms with E-state index < -0.39 is 6.04 Å². The summed E-state index contributed by atoms with van der Waals surface area (Å²) in [6.45, 7) is 0. The number of rotatable bonds is 9. The van der Waals surface area contributed by atoms with E-state index in [0.717, 1.165) is 20.5 Å². The molecule has 9 heteroatoms. The Morgan fingerprint density at radius 3 is 2.41 bits per heavy atom. The highest BCUT2D eigenvalue weighted by Crippen LogP contribution is 2.28. The molecule has 0 fully saturated rings. The first-order chi connectivity index (χ1) is 16.6. The van der Waals surface area contributed by atoms with Crippen LogP contribution in [0.3, 0.4) is 0 Å². The van der Waals surface area contributed by atoms with Crippen molar-refractivity contribution in [2.24, 2.45) is 0 Å². The molecule has 0 radical (unpaired) electrons. The molecule has 1 atom stereocenters. The molecule has 0 spiro atoms. The van der Waals surface area contributed by atoms with Crippen LogP contribution in [0.5, 0.6) is 0 Å². The molecule has 0 aliphatic heterocycles. The molecule has 4 aromatic rings. The zero-order valence-corrected chi connectivity index (χ0v) is 21.2. The number of nitrogens with zero attached hydrogens (tertiary/aromatic N) is 2. The molecule has 2 N–H and O–H groups in total. The molecule has 172 valence electrons. The molecular formula is C25H21BrN4O2S2. The summed E-state index contributed by atoms with van der Waals surface area (Å²) in [7, 11) is 0. The van der Waals surface area contributed by atoms with E-state index in [1.54, 1.807) is 0 Å². The van der Waals surface area contributed by atoms with Gasteiger partial charge < -0.3 is 5.32 Å². The quantitative estimate of drug-likeness (QED) is 0.270. The van der Waals surface area contributed by atoms with E-state index in [2.05, 4.69) is 36.8 Å². The molecule has 2 amide bonds. The summed E-state index contributed by atoms with van der Waals surface area (Å²) in [6, 6.07) is 26.2. The van der Waals surface area contributed by atoms with Crippen LogP contribution in [-0.2, 0) is 16.0 Å². The first-order valence-electron chi connectivity index (χ1n) is 10.5. The monoisotopic (exact) mass is 552 g/mol. The molecule has 0 aliphatic rings. The Hall–Kier alpha value is -3.01. The number of hydrogen-bond donors (Lipinski definition) is 2. The molecule has 4 rings (SSSR count). The van der Waals surface area contributed by atoms with Crippen molar-refractivity contribution >= 4 is 56.0 Å². The third-order valence-corrected chi connectivity index (χ3v) is 7.17. The van der Waals surface area contributed by atoms with Gasteiger partial charge in [-0.2, -0.15) is 0 Å². The first-order valence-corrected chi connectivity index (χ1v) is 13.1. The molecule has 1 heterocycles. The summed E-state index contributed by atoms with van der Waals surface area (Å²) >= 11 is 6.16. The number of anilines is 1. The SMILES string of the molecule is O=C(CSc1ccccc1)NC(Cc1ccccc1)C(=O)Nc1nnc(-c2cccc(Br)c2)s1. The van der Waals surface area contributed by atoms with Crippen LogP contribution in [0.4, 0.5) is 5.13 Å². The summed E-state index contributed by atoms with van der Waals surface area (Å²) < 4.78 is 0.935. The Morgan fingerprint density at radius 2 is 1.68 bits per heavy atom. The largest absolute Gasteiger partial charge is 0.343 e. The number of aromatic nitrogens is 2. The number of halogens is 1. The summed E-state index contributed by atoms with van der Waals surface area (Å²) in [5.41, 5.74) is 1.85. The van der Waals surface area contributed by atoms with Gasteiger partial charge >= 0.3 is 0 Å². The average molecular weight is 554 g/mol. The van der Waals surface area contributed by atoms with Crippen LogP contribution in [0.2, 0.25) is 0 Å². The van der Waals surface area contributed by atoms with E-state index >= 15 is 0 Å². The van der Waals surface area contributed by atoms with Crippen molar-refractivity contribution in [3.63, 3.8) is 0 Å². The van der Waals surface area contributed by atoms with Crippen LogP contribution in [0.15, 0.2) is 94.3 Å². The number of nitrogens with one attached hydrogen (secondary N) is 2. The minimum Gasteiger partial charge on any atom is -0.343 e. The number of thioether (sulfide) groups is 1. The van der Waals surface area contributed by atoms with E-state index in [4.69, 9.17) is 0 Å². The summed E-state index contributed by atoms with van der Waals surface area (Å²) in [6.07, 6.45) is 0.367. The minimum absolute atomic E-state index is 0.211. The highest BCUT2D eigenvalue weighted by molar-refractivity contribution is 9.10. The lowest BCUT2D eigenvalue weighted by molar-refractivity contribution is -0.124. The lowest BCUT2D eigenvalue weighted by atomic mass is 10.1. The fourth-order valence-corrected chi connectivity index (χ4v) is 5.04. The lowest BCUT2D eigenvalue weighted by Gasteiger charge is -2.18. The Balaban J connectivity index is 1.43. The van der Waals surface area contributed by atoms with Crippen LogP contribution < -0.4 is 10.6 Å². The van der Waals surface area contributed by atoms with Crippen molar-refractivity contribution in [1.29, 1.82) is 0 Å². The predicted molar refractivity (Wildman–Crippen MR) is 141 cm³/mol.